The number of amides is 2. The maximum absolute atomic E-state index is 12.0. The van der Waals surface area contributed by atoms with Crippen LogP contribution in [0.2, 0.25) is 0 Å². The first-order valence-electron chi connectivity index (χ1n) is 7.61. The van der Waals surface area contributed by atoms with Gasteiger partial charge >= 0.3 is 0 Å². The normalized spacial score (nSPS) is 10.9. The zero-order valence-corrected chi connectivity index (χ0v) is 14.1. The first-order chi connectivity index (χ1) is 12.0. The van der Waals surface area contributed by atoms with E-state index in [0.717, 1.165) is 0 Å². The highest BCUT2D eigenvalue weighted by Gasteiger charge is 2.09. The molecule has 2 aromatic rings. The number of carbonyl (C=O) groups is 2. The van der Waals surface area contributed by atoms with Crippen LogP contribution in [0.25, 0.3) is 0 Å². The van der Waals surface area contributed by atoms with Gasteiger partial charge in [0, 0.05) is 17.1 Å². The molecule has 0 saturated heterocycles. The average molecular weight is 340 g/mol. The number of hydrazone groups is 1. The molecular formula is C18H20N4O3. The fourth-order valence-corrected chi connectivity index (χ4v) is 2.06. The molecule has 0 spiro atoms. The van der Waals surface area contributed by atoms with E-state index in [9.17, 15) is 9.59 Å². The monoisotopic (exact) mass is 340 g/mol. The summed E-state index contributed by atoms with van der Waals surface area (Å²) in [6.07, 6.45) is 0.0522. The summed E-state index contributed by atoms with van der Waals surface area (Å²) >= 11 is 0. The van der Waals surface area contributed by atoms with Crippen LogP contribution in [0.5, 0.6) is 5.75 Å². The van der Waals surface area contributed by atoms with Gasteiger partial charge in [0.15, 0.2) is 0 Å². The number of para-hydroxylation sites is 1. The number of methoxy groups -OCH3 is 1. The lowest BCUT2D eigenvalue weighted by Gasteiger charge is -2.07. The Morgan fingerprint density at radius 1 is 1.12 bits per heavy atom. The molecule has 0 aliphatic rings. The fourth-order valence-electron chi connectivity index (χ4n) is 2.06. The molecule has 0 bridgehead atoms. The smallest absolute Gasteiger partial charge is 0.273 e. The molecule has 7 heteroatoms. The Kier molecular flexibility index (Phi) is 6.11. The van der Waals surface area contributed by atoms with Gasteiger partial charge in [-0.05, 0) is 43.3 Å². The van der Waals surface area contributed by atoms with Crippen molar-refractivity contribution < 1.29 is 14.3 Å². The van der Waals surface area contributed by atoms with E-state index < -0.39 is 5.91 Å². The Morgan fingerprint density at radius 3 is 2.44 bits per heavy atom. The van der Waals surface area contributed by atoms with Crippen LogP contribution >= 0.6 is 0 Å². The van der Waals surface area contributed by atoms with Crippen LogP contribution in [-0.4, -0.2) is 24.6 Å². The average Bonchev–Trinajstić information content (AvgIpc) is 2.60. The highest BCUT2D eigenvalue weighted by Crippen LogP contribution is 2.15. The van der Waals surface area contributed by atoms with Crippen LogP contribution in [0.1, 0.15) is 23.7 Å². The van der Waals surface area contributed by atoms with Gasteiger partial charge in [-0.15, -0.1) is 0 Å². The van der Waals surface area contributed by atoms with Gasteiger partial charge in [0.25, 0.3) is 5.91 Å². The van der Waals surface area contributed by atoms with Gasteiger partial charge in [0.1, 0.15) is 5.75 Å². The Labute approximate surface area is 145 Å². The second kappa shape index (κ2) is 8.49. The topological polar surface area (TPSA) is 106 Å². The van der Waals surface area contributed by atoms with Crippen LogP contribution in [-0.2, 0) is 4.79 Å². The number of benzene rings is 2. The summed E-state index contributed by atoms with van der Waals surface area (Å²) in [5, 5.41) is 6.68. The SMILES string of the molecule is COc1ccc(NC(=O)CC(C)=NNC(=O)c2ccccc2N)cc1. The summed E-state index contributed by atoms with van der Waals surface area (Å²) in [6.45, 7) is 1.65. The van der Waals surface area contributed by atoms with Gasteiger partial charge in [0.05, 0.1) is 19.1 Å². The fraction of sp³-hybridized carbons (Fsp3) is 0.167. The zero-order chi connectivity index (χ0) is 18.2. The Bertz CT molecular complexity index is 785. The van der Waals surface area contributed by atoms with Gasteiger partial charge < -0.3 is 15.8 Å². The predicted molar refractivity (Wildman–Crippen MR) is 97.7 cm³/mol. The molecule has 0 unspecified atom stereocenters. The molecule has 0 aromatic heterocycles. The molecule has 0 saturated carbocycles. The number of nitrogens with one attached hydrogen (secondary N) is 2. The number of anilines is 2. The van der Waals surface area contributed by atoms with Crippen LogP contribution in [0.3, 0.4) is 0 Å². The number of nitrogen functional groups attached to an aromatic ring is 1. The first-order valence-corrected chi connectivity index (χ1v) is 7.61. The van der Waals surface area contributed by atoms with Crippen molar-refractivity contribution in [2.45, 2.75) is 13.3 Å². The summed E-state index contributed by atoms with van der Waals surface area (Å²) in [6, 6.07) is 13.7. The lowest BCUT2D eigenvalue weighted by Crippen LogP contribution is -2.22. The molecule has 2 aromatic carbocycles. The Hall–Kier alpha value is -3.35. The van der Waals surface area contributed by atoms with E-state index in [1.807, 2.05) is 0 Å². The summed E-state index contributed by atoms with van der Waals surface area (Å²) < 4.78 is 5.06. The van der Waals surface area contributed by atoms with Gasteiger partial charge in [0.2, 0.25) is 5.91 Å². The molecule has 130 valence electrons. The third kappa shape index (κ3) is 5.35. The number of ether oxygens (including phenoxy) is 1. The zero-order valence-electron chi connectivity index (χ0n) is 14.1. The van der Waals surface area contributed by atoms with E-state index in [-0.39, 0.29) is 12.3 Å². The molecule has 0 aliphatic carbocycles. The summed E-state index contributed by atoms with van der Waals surface area (Å²) in [7, 11) is 1.57. The van der Waals surface area contributed by atoms with Crippen molar-refractivity contribution in [2.75, 3.05) is 18.2 Å². The molecular weight excluding hydrogens is 320 g/mol. The molecule has 2 amide bonds. The molecule has 25 heavy (non-hydrogen) atoms. The Balaban J connectivity index is 1.88. The minimum absolute atomic E-state index is 0.0522. The van der Waals surface area contributed by atoms with Crippen LogP contribution < -0.4 is 21.2 Å². The molecule has 0 atom stereocenters. The van der Waals surface area contributed by atoms with E-state index in [4.69, 9.17) is 10.5 Å². The van der Waals surface area contributed by atoms with E-state index in [1.54, 1.807) is 62.6 Å². The van der Waals surface area contributed by atoms with E-state index in [2.05, 4.69) is 15.8 Å². The molecule has 7 nitrogen and oxygen atoms in total. The second-order valence-corrected chi connectivity index (χ2v) is 5.33. The highest BCUT2D eigenvalue weighted by atomic mass is 16.5. The third-order valence-electron chi connectivity index (χ3n) is 3.34. The number of nitrogens with zero attached hydrogens (tertiary/aromatic N) is 1. The quantitative estimate of drug-likeness (QED) is 0.426. The van der Waals surface area contributed by atoms with Crippen molar-refractivity contribution in [2.24, 2.45) is 5.10 Å². The number of carbonyl (C=O) groups excluding carboxylic acids is 2. The predicted octanol–water partition coefficient (Wildman–Crippen LogP) is 2.41. The van der Waals surface area contributed by atoms with Crippen molar-refractivity contribution in [3.05, 3.63) is 54.1 Å². The maximum atomic E-state index is 12.0. The van der Waals surface area contributed by atoms with E-state index >= 15 is 0 Å². The number of rotatable bonds is 6. The number of nitrogens with two attached hydrogens (primary N) is 1. The minimum atomic E-state index is -0.423. The van der Waals surface area contributed by atoms with E-state index in [1.165, 1.54) is 0 Å². The molecule has 0 aliphatic heterocycles. The summed E-state index contributed by atoms with van der Waals surface area (Å²) in [4.78, 5) is 24.0. The second-order valence-electron chi connectivity index (χ2n) is 5.33. The van der Waals surface area contributed by atoms with Crippen molar-refractivity contribution >= 4 is 28.9 Å². The largest absolute Gasteiger partial charge is 0.497 e. The van der Waals surface area contributed by atoms with E-state index in [0.29, 0.717) is 28.4 Å². The standard InChI is InChI=1S/C18H20N4O3/c1-12(21-22-18(24)15-5-3-4-6-16(15)19)11-17(23)20-13-7-9-14(25-2)10-8-13/h3-10H,11,19H2,1-2H3,(H,20,23)(H,22,24). The van der Waals surface area contributed by atoms with Crippen molar-refractivity contribution in [1.29, 1.82) is 0 Å². The molecule has 0 radical (unpaired) electrons. The van der Waals surface area contributed by atoms with Crippen molar-refractivity contribution in [3.63, 3.8) is 0 Å². The molecule has 4 N–H and O–H groups in total. The molecule has 0 heterocycles. The van der Waals surface area contributed by atoms with Crippen molar-refractivity contribution in [1.82, 2.24) is 5.43 Å². The minimum Gasteiger partial charge on any atom is -0.497 e. The third-order valence-corrected chi connectivity index (χ3v) is 3.34. The lowest BCUT2D eigenvalue weighted by molar-refractivity contribution is -0.115. The van der Waals surface area contributed by atoms with Gasteiger partial charge in [-0.2, -0.15) is 5.10 Å². The maximum Gasteiger partial charge on any atom is 0.273 e. The number of hydrogen-bond donors (Lipinski definition) is 3. The number of hydrogen-bond acceptors (Lipinski definition) is 5. The summed E-state index contributed by atoms with van der Waals surface area (Å²) in [5.41, 5.74) is 9.95. The molecule has 2 rings (SSSR count). The van der Waals surface area contributed by atoms with Crippen molar-refractivity contribution in [3.8, 4) is 5.75 Å². The van der Waals surface area contributed by atoms with Crippen LogP contribution in [0, 0.1) is 0 Å². The summed E-state index contributed by atoms with van der Waals surface area (Å²) in [5.74, 6) is 0.0477. The van der Waals surface area contributed by atoms with Gasteiger partial charge in [-0.1, -0.05) is 12.1 Å². The van der Waals surface area contributed by atoms with Crippen LogP contribution in [0.4, 0.5) is 11.4 Å². The van der Waals surface area contributed by atoms with Crippen LogP contribution in [0.15, 0.2) is 53.6 Å². The highest BCUT2D eigenvalue weighted by molar-refractivity contribution is 6.06. The first kappa shape index (κ1) is 18.0. The van der Waals surface area contributed by atoms with Gasteiger partial charge in [-0.3, -0.25) is 9.59 Å². The molecule has 0 fully saturated rings. The van der Waals surface area contributed by atoms with Gasteiger partial charge in [-0.25, -0.2) is 5.43 Å². The lowest BCUT2D eigenvalue weighted by atomic mass is 10.2. The Morgan fingerprint density at radius 2 is 1.80 bits per heavy atom.